The molecule has 0 unspecified atom stereocenters. The van der Waals surface area contributed by atoms with Gasteiger partial charge in [-0.05, 0) is 30.2 Å². The minimum atomic E-state index is -0.729. The van der Waals surface area contributed by atoms with Crippen molar-refractivity contribution in [3.05, 3.63) is 89.0 Å². The van der Waals surface area contributed by atoms with Crippen LogP contribution in [-0.4, -0.2) is 37.7 Å². The van der Waals surface area contributed by atoms with Crippen molar-refractivity contribution >= 4 is 11.9 Å². The molecule has 7 heteroatoms. The number of nitrogens with zero attached hydrogens (tertiary/aromatic N) is 1. The number of hydrogen-bond donors (Lipinski definition) is 0. The quantitative estimate of drug-likeness (QED) is 0.405. The normalized spacial score (nSPS) is 13.8. The molecule has 0 saturated carbocycles. The van der Waals surface area contributed by atoms with E-state index in [2.05, 4.69) is 6.92 Å². The molecule has 0 spiro atoms. The van der Waals surface area contributed by atoms with E-state index in [-0.39, 0.29) is 17.0 Å². The molecule has 1 aliphatic rings. The van der Waals surface area contributed by atoms with Gasteiger partial charge in [0.1, 0.15) is 11.6 Å². The monoisotopic (exact) mass is 453 g/mol. The number of rotatable bonds is 9. The second kappa shape index (κ2) is 11.3. The summed E-state index contributed by atoms with van der Waals surface area (Å²) < 4.78 is 29.4. The van der Waals surface area contributed by atoms with E-state index >= 15 is 0 Å². The number of ether oxygens (including phenoxy) is 3. The van der Waals surface area contributed by atoms with Crippen molar-refractivity contribution < 1.29 is 28.2 Å². The van der Waals surface area contributed by atoms with Gasteiger partial charge in [0.25, 0.3) is 0 Å². The third-order valence-corrected chi connectivity index (χ3v) is 5.34. The van der Waals surface area contributed by atoms with E-state index in [9.17, 15) is 14.0 Å². The van der Waals surface area contributed by atoms with Crippen molar-refractivity contribution in [2.24, 2.45) is 0 Å². The second-order valence-electron chi connectivity index (χ2n) is 7.62. The third kappa shape index (κ3) is 5.80. The van der Waals surface area contributed by atoms with Crippen LogP contribution >= 0.6 is 0 Å². The Hall–Kier alpha value is -3.61. The summed E-state index contributed by atoms with van der Waals surface area (Å²) in [4.78, 5) is 27.4. The Kier molecular flexibility index (Phi) is 8.24. The average molecular weight is 454 g/mol. The van der Waals surface area contributed by atoms with E-state index in [0.717, 1.165) is 18.4 Å². The van der Waals surface area contributed by atoms with Crippen molar-refractivity contribution in [1.82, 2.24) is 4.90 Å². The van der Waals surface area contributed by atoms with Gasteiger partial charge in [-0.3, -0.25) is 0 Å². The maximum atomic E-state index is 13.3. The van der Waals surface area contributed by atoms with E-state index in [1.54, 1.807) is 29.4 Å². The summed E-state index contributed by atoms with van der Waals surface area (Å²) in [6.07, 6.45) is 5.15. The first-order valence-corrected chi connectivity index (χ1v) is 10.8. The highest BCUT2D eigenvalue weighted by molar-refractivity contribution is 5.98. The fraction of sp³-hybridized carbons (Fsp3) is 0.308. The summed E-state index contributed by atoms with van der Waals surface area (Å²) >= 11 is 0. The topological polar surface area (TPSA) is 65.1 Å². The Morgan fingerprint density at radius 2 is 1.55 bits per heavy atom. The van der Waals surface area contributed by atoms with Crippen LogP contribution in [0.4, 0.5) is 4.39 Å². The summed E-state index contributed by atoms with van der Waals surface area (Å²) in [7, 11) is 2.59. The van der Waals surface area contributed by atoms with Crippen LogP contribution in [0, 0.1) is 5.82 Å². The number of methoxy groups -OCH3 is 2. The molecule has 0 aliphatic carbocycles. The number of carbonyl (C=O) groups is 2. The van der Waals surface area contributed by atoms with Crippen molar-refractivity contribution in [3.63, 3.8) is 0 Å². The number of para-hydroxylation sites is 1. The van der Waals surface area contributed by atoms with Crippen LogP contribution < -0.4 is 4.74 Å². The molecular weight excluding hydrogens is 425 g/mol. The SMILES string of the molecule is CCCCOc1ccccc1C1C(C(=O)OC)=CN(Cc2ccc(F)cc2)C=C1C(=O)OC. The highest BCUT2D eigenvalue weighted by atomic mass is 19.1. The van der Waals surface area contributed by atoms with Crippen LogP contribution in [0.2, 0.25) is 0 Å². The first-order chi connectivity index (χ1) is 16.0. The molecule has 6 nitrogen and oxygen atoms in total. The third-order valence-electron chi connectivity index (χ3n) is 5.34. The van der Waals surface area contributed by atoms with Gasteiger partial charge < -0.3 is 19.1 Å². The summed E-state index contributed by atoms with van der Waals surface area (Å²) in [5, 5.41) is 0. The van der Waals surface area contributed by atoms with Crippen molar-refractivity contribution in [1.29, 1.82) is 0 Å². The molecule has 33 heavy (non-hydrogen) atoms. The minimum absolute atomic E-state index is 0.272. The first kappa shape index (κ1) is 24.0. The molecule has 174 valence electrons. The van der Waals surface area contributed by atoms with E-state index < -0.39 is 17.9 Å². The van der Waals surface area contributed by atoms with E-state index in [4.69, 9.17) is 14.2 Å². The number of esters is 2. The molecule has 0 saturated heterocycles. The number of unbranched alkanes of at least 4 members (excludes halogenated alkanes) is 1. The van der Waals surface area contributed by atoms with E-state index in [0.29, 0.717) is 24.5 Å². The molecule has 0 N–H and O–H groups in total. The van der Waals surface area contributed by atoms with Crippen molar-refractivity contribution in [2.45, 2.75) is 32.2 Å². The van der Waals surface area contributed by atoms with Gasteiger partial charge in [-0.1, -0.05) is 43.7 Å². The summed E-state index contributed by atoms with van der Waals surface area (Å²) in [5.41, 5.74) is 2.02. The molecule has 0 amide bonds. The molecule has 0 radical (unpaired) electrons. The molecule has 0 bridgehead atoms. The molecule has 0 atom stereocenters. The minimum Gasteiger partial charge on any atom is -0.493 e. The summed E-state index contributed by atoms with van der Waals surface area (Å²) in [6, 6.07) is 13.3. The van der Waals surface area contributed by atoms with Gasteiger partial charge in [0.15, 0.2) is 0 Å². The summed E-state index contributed by atoms with van der Waals surface area (Å²) in [6.45, 7) is 2.91. The predicted molar refractivity (Wildman–Crippen MR) is 122 cm³/mol. The van der Waals surface area contributed by atoms with Gasteiger partial charge in [-0.25, -0.2) is 14.0 Å². The molecular formula is C26H28FNO5. The van der Waals surface area contributed by atoms with Crippen LogP contribution in [0.1, 0.15) is 36.8 Å². The van der Waals surface area contributed by atoms with Crippen molar-refractivity contribution in [3.8, 4) is 5.75 Å². The van der Waals surface area contributed by atoms with E-state index in [1.807, 2.05) is 24.3 Å². The predicted octanol–water partition coefficient (Wildman–Crippen LogP) is 4.72. The number of carbonyl (C=O) groups excluding carboxylic acids is 2. The van der Waals surface area contributed by atoms with Crippen LogP contribution in [0.5, 0.6) is 5.75 Å². The molecule has 1 aliphatic heterocycles. The largest absolute Gasteiger partial charge is 0.493 e. The number of hydrogen-bond acceptors (Lipinski definition) is 6. The first-order valence-electron chi connectivity index (χ1n) is 10.8. The standard InChI is InChI=1S/C26H28FNO5/c1-4-5-14-33-23-9-7-6-8-20(23)24-21(25(29)31-2)16-28(17-22(24)26(30)32-3)15-18-10-12-19(27)13-11-18/h6-13,16-17,24H,4-5,14-15H2,1-3H3. The zero-order valence-electron chi connectivity index (χ0n) is 19.0. The fourth-order valence-corrected chi connectivity index (χ4v) is 3.69. The van der Waals surface area contributed by atoms with Gasteiger partial charge >= 0.3 is 11.9 Å². The van der Waals surface area contributed by atoms with Crippen molar-refractivity contribution in [2.75, 3.05) is 20.8 Å². The van der Waals surface area contributed by atoms with Gasteiger partial charge in [-0.15, -0.1) is 0 Å². The van der Waals surface area contributed by atoms with Crippen LogP contribution in [0.25, 0.3) is 0 Å². The molecule has 2 aromatic rings. The van der Waals surface area contributed by atoms with Gasteiger partial charge in [0.05, 0.1) is 37.9 Å². The number of halogens is 1. The maximum absolute atomic E-state index is 13.3. The lowest BCUT2D eigenvalue weighted by Gasteiger charge is -2.31. The van der Waals surface area contributed by atoms with Gasteiger partial charge in [0, 0.05) is 24.5 Å². The zero-order chi connectivity index (χ0) is 23.8. The zero-order valence-corrected chi connectivity index (χ0v) is 19.0. The fourth-order valence-electron chi connectivity index (χ4n) is 3.69. The second-order valence-corrected chi connectivity index (χ2v) is 7.62. The lowest BCUT2D eigenvalue weighted by molar-refractivity contribution is -0.137. The maximum Gasteiger partial charge on any atom is 0.336 e. The lowest BCUT2D eigenvalue weighted by atomic mass is 9.82. The highest BCUT2D eigenvalue weighted by Crippen LogP contribution is 2.41. The summed E-state index contributed by atoms with van der Waals surface area (Å²) in [5.74, 6) is -1.61. The van der Waals surface area contributed by atoms with Gasteiger partial charge in [-0.2, -0.15) is 0 Å². The average Bonchev–Trinajstić information content (AvgIpc) is 2.84. The van der Waals surface area contributed by atoms with E-state index in [1.165, 1.54) is 26.4 Å². The van der Waals surface area contributed by atoms with Crippen LogP contribution in [-0.2, 0) is 25.6 Å². The lowest BCUT2D eigenvalue weighted by Crippen LogP contribution is -2.29. The Morgan fingerprint density at radius 1 is 0.939 bits per heavy atom. The van der Waals surface area contributed by atoms with Gasteiger partial charge in [0.2, 0.25) is 0 Å². The molecule has 0 aromatic heterocycles. The smallest absolute Gasteiger partial charge is 0.336 e. The van der Waals surface area contributed by atoms with Crippen LogP contribution in [0.3, 0.4) is 0 Å². The Bertz CT molecular complexity index is 1010. The molecule has 2 aromatic carbocycles. The molecule has 0 fully saturated rings. The Balaban J connectivity index is 2.06. The highest BCUT2D eigenvalue weighted by Gasteiger charge is 2.36. The van der Waals surface area contributed by atoms with Crippen LogP contribution in [0.15, 0.2) is 72.1 Å². The molecule has 1 heterocycles. The number of benzene rings is 2. The molecule has 3 rings (SSSR count). The Morgan fingerprint density at radius 3 is 2.12 bits per heavy atom. The Labute approximate surface area is 193 Å².